The molecule has 3 aromatic rings. The van der Waals surface area contributed by atoms with Crippen molar-refractivity contribution in [3.05, 3.63) is 87.4 Å². The maximum absolute atomic E-state index is 14.3. The fourth-order valence-corrected chi connectivity index (χ4v) is 4.64. The smallest absolute Gasteiger partial charge is 0.328 e. The highest BCUT2D eigenvalue weighted by molar-refractivity contribution is 7.08. The van der Waals surface area contributed by atoms with Crippen molar-refractivity contribution < 1.29 is 33.6 Å². The van der Waals surface area contributed by atoms with Gasteiger partial charge in [-0.15, -0.1) is 0 Å². The van der Waals surface area contributed by atoms with Gasteiger partial charge in [-0.1, -0.05) is 12.1 Å². The Labute approximate surface area is 200 Å². The Morgan fingerprint density at radius 3 is 2.82 bits per heavy atom. The number of methoxy groups -OCH3 is 1. The molecule has 2 atom stereocenters. The average molecular weight is 485 g/mol. The fourth-order valence-electron chi connectivity index (χ4n) is 3.99. The molecule has 0 bridgehead atoms. The van der Waals surface area contributed by atoms with Crippen LogP contribution in [0, 0.1) is 5.82 Å². The van der Waals surface area contributed by atoms with Crippen LogP contribution < -0.4 is 4.74 Å². The first-order valence-electron chi connectivity index (χ1n) is 10.8. The van der Waals surface area contributed by atoms with Gasteiger partial charge in [0.25, 0.3) is 0 Å². The van der Waals surface area contributed by atoms with Crippen LogP contribution in [0.2, 0.25) is 0 Å². The van der Waals surface area contributed by atoms with E-state index in [0.29, 0.717) is 46.6 Å². The number of carboxylic acid groups (broad SMARTS) is 1. The Kier molecular flexibility index (Phi) is 7.62. The highest BCUT2D eigenvalue weighted by Gasteiger charge is 2.24. The molecule has 8 heteroatoms. The number of ether oxygens (including phenoxy) is 3. The van der Waals surface area contributed by atoms with Crippen molar-refractivity contribution in [3.8, 4) is 11.5 Å². The molecule has 178 valence electrons. The van der Waals surface area contributed by atoms with E-state index in [1.807, 2.05) is 10.8 Å². The zero-order chi connectivity index (χ0) is 24.1. The van der Waals surface area contributed by atoms with Crippen molar-refractivity contribution >= 4 is 22.9 Å². The lowest BCUT2D eigenvalue weighted by molar-refractivity contribution is -0.131. The lowest BCUT2D eigenvalue weighted by Gasteiger charge is -2.29. The summed E-state index contributed by atoms with van der Waals surface area (Å²) >= 11 is 1.44. The van der Waals surface area contributed by atoms with Gasteiger partial charge in [0.2, 0.25) is 0 Å². The van der Waals surface area contributed by atoms with Crippen LogP contribution in [0.1, 0.15) is 41.2 Å². The lowest BCUT2D eigenvalue weighted by atomic mass is 9.97. The Morgan fingerprint density at radius 2 is 2.12 bits per heavy atom. The van der Waals surface area contributed by atoms with Gasteiger partial charge < -0.3 is 24.4 Å². The molecule has 0 amide bonds. The van der Waals surface area contributed by atoms with Crippen LogP contribution in [-0.4, -0.2) is 36.0 Å². The van der Waals surface area contributed by atoms with Crippen LogP contribution in [0.4, 0.5) is 4.39 Å². The molecule has 2 unspecified atom stereocenters. The Morgan fingerprint density at radius 1 is 1.26 bits per heavy atom. The number of carbonyl (C=O) groups is 1. The van der Waals surface area contributed by atoms with Gasteiger partial charge in [-0.05, 0) is 58.1 Å². The van der Waals surface area contributed by atoms with Gasteiger partial charge in [-0.2, -0.15) is 11.3 Å². The van der Waals surface area contributed by atoms with E-state index in [1.165, 1.54) is 29.5 Å². The van der Waals surface area contributed by atoms with Crippen molar-refractivity contribution in [3.63, 3.8) is 0 Å². The van der Waals surface area contributed by atoms with Crippen LogP contribution in [0.15, 0.2) is 59.3 Å². The number of hydrogen-bond donors (Lipinski definition) is 2. The highest BCUT2D eigenvalue weighted by atomic mass is 32.1. The first kappa shape index (κ1) is 23.9. The van der Waals surface area contributed by atoms with Gasteiger partial charge in [-0.3, -0.25) is 0 Å². The molecule has 1 fully saturated rings. The summed E-state index contributed by atoms with van der Waals surface area (Å²) in [4.78, 5) is 11.3. The topological polar surface area (TPSA) is 85.2 Å². The highest BCUT2D eigenvalue weighted by Crippen LogP contribution is 2.34. The molecule has 0 spiro atoms. The van der Waals surface area contributed by atoms with Crippen molar-refractivity contribution in [1.29, 1.82) is 0 Å². The molecule has 1 saturated heterocycles. The van der Waals surface area contributed by atoms with Crippen molar-refractivity contribution in [2.24, 2.45) is 0 Å². The molecule has 0 saturated carbocycles. The molecule has 2 aromatic carbocycles. The third kappa shape index (κ3) is 5.83. The van der Waals surface area contributed by atoms with Gasteiger partial charge in [-0.25, -0.2) is 9.18 Å². The van der Waals surface area contributed by atoms with Crippen LogP contribution in [0.3, 0.4) is 0 Å². The molecule has 34 heavy (non-hydrogen) atoms. The predicted octanol–water partition coefficient (Wildman–Crippen LogP) is 5.55. The molecule has 1 aromatic heterocycles. The van der Waals surface area contributed by atoms with E-state index in [0.717, 1.165) is 12.5 Å². The molecule has 0 radical (unpaired) electrons. The number of rotatable bonds is 8. The zero-order valence-electron chi connectivity index (χ0n) is 18.6. The number of thiophene rings is 1. The number of halogens is 1. The minimum Gasteiger partial charge on any atom is -0.507 e. The second-order valence-corrected chi connectivity index (χ2v) is 8.79. The van der Waals surface area contributed by atoms with Crippen LogP contribution in [-0.2, 0) is 20.9 Å². The number of hydrogen-bond acceptors (Lipinski definition) is 6. The van der Waals surface area contributed by atoms with E-state index in [1.54, 1.807) is 31.4 Å². The number of aliphatic carboxylic acids is 1. The van der Waals surface area contributed by atoms with Crippen molar-refractivity contribution in [1.82, 2.24) is 0 Å². The van der Waals surface area contributed by atoms with E-state index in [4.69, 9.17) is 14.2 Å². The zero-order valence-corrected chi connectivity index (χ0v) is 19.4. The van der Waals surface area contributed by atoms with Gasteiger partial charge in [0.1, 0.15) is 23.9 Å². The standard InChI is InChI=1S/C26H25FO6S/c1-31-20-4-6-32-25(12-20)18-9-19(27)11-21(10-18)33-14-16-2-3-22(24(28)8-16)23(13-26(29)30)17-5-7-34-15-17/h2-3,5,7-11,13,15,20,25,28H,4,6,12,14H2,1H3,(H,29,30)/b23-13-. The van der Waals surface area contributed by atoms with E-state index in [2.05, 4.69) is 0 Å². The molecular weight excluding hydrogens is 459 g/mol. The quantitative estimate of drug-likeness (QED) is 0.408. The number of benzene rings is 2. The SMILES string of the molecule is COC1CCOC(c2cc(F)cc(OCc3ccc(/C(=C\C(=O)O)c4ccsc4)c(O)c3)c2)C1. The molecular formula is C26H25FO6S. The maximum atomic E-state index is 14.3. The van der Waals surface area contributed by atoms with E-state index in [9.17, 15) is 19.4 Å². The number of aromatic hydroxyl groups is 1. The summed E-state index contributed by atoms with van der Waals surface area (Å²) in [6.45, 7) is 0.643. The lowest BCUT2D eigenvalue weighted by Crippen LogP contribution is -2.25. The Balaban J connectivity index is 1.50. The molecule has 2 heterocycles. The fraction of sp³-hybridized carbons (Fsp3) is 0.269. The molecule has 1 aliphatic rings. The number of phenolic OH excluding ortho intramolecular Hbond substituents is 1. The number of carboxylic acids is 1. The van der Waals surface area contributed by atoms with E-state index in [-0.39, 0.29) is 24.6 Å². The van der Waals surface area contributed by atoms with Crippen LogP contribution in [0.25, 0.3) is 5.57 Å². The summed E-state index contributed by atoms with van der Waals surface area (Å²) < 4.78 is 31.3. The molecule has 0 aliphatic carbocycles. The summed E-state index contributed by atoms with van der Waals surface area (Å²) in [5.74, 6) is -1.24. The molecule has 1 aliphatic heterocycles. The third-order valence-corrected chi connectivity index (χ3v) is 6.38. The summed E-state index contributed by atoms with van der Waals surface area (Å²) in [7, 11) is 1.66. The van der Waals surface area contributed by atoms with Gasteiger partial charge in [0, 0.05) is 43.4 Å². The van der Waals surface area contributed by atoms with Gasteiger partial charge in [0.15, 0.2) is 0 Å². The largest absolute Gasteiger partial charge is 0.507 e. The molecule has 6 nitrogen and oxygen atoms in total. The Hall–Kier alpha value is -3.20. The van der Waals surface area contributed by atoms with Crippen LogP contribution >= 0.6 is 11.3 Å². The second-order valence-electron chi connectivity index (χ2n) is 8.01. The minimum atomic E-state index is -1.10. The van der Waals surface area contributed by atoms with Crippen LogP contribution in [0.5, 0.6) is 11.5 Å². The average Bonchev–Trinajstić information content (AvgIpc) is 3.36. The Bertz CT molecular complexity index is 1170. The summed E-state index contributed by atoms with van der Waals surface area (Å²) in [6.07, 6.45) is 2.33. The summed E-state index contributed by atoms with van der Waals surface area (Å²) in [5.41, 5.74) is 2.87. The van der Waals surface area contributed by atoms with Gasteiger partial charge in [0.05, 0.1) is 12.2 Å². The summed E-state index contributed by atoms with van der Waals surface area (Å²) in [6, 6.07) is 11.2. The minimum absolute atomic E-state index is 0.0686. The van der Waals surface area contributed by atoms with Crippen molar-refractivity contribution in [2.75, 3.05) is 13.7 Å². The second kappa shape index (κ2) is 10.8. The summed E-state index contributed by atoms with van der Waals surface area (Å²) in [5, 5.41) is 23.5. The molecule has 4 rings (SSSR count). The van der Waals surface area contributed by atoms with Crippen molar-refractivity contribution in [2.45, 2.75) is 31.7 Å². The maximum Gasteiger partial charge on any atom is 0.328 e. The first-order valence-corrected chi connectivity index (χ1v) is 11.7. The normalized spacial score (nSPS) is 18.6. The number of phenols is 1. The third-order valence-electron chi connectivity index (χ3n) is 5.69. The van der Waals surface area contributed by atoms with E-state index < -0.39 is 11.8 Å². The monoisotopic (exact) mass is 484 g/mol. The first-order chi connectivity index (χ1) is 16.4. The predicted molar refractivity (Wildman–Crippen MR) is 127 cm³/mol. The van der Waals surface area contributed by atoms with E-state index >= 15 is 0 Å². The van der Waals surface area contributed by atoms with Gasteiger partial charge >= 0.3 is 5.97 Å². The molecule has 2 N–H and O–H groups in total.